The Morgan fingerprint density at radius 2 is 1.36 bits per heavy atom. The zero-order valence-electron chi connectivity index (χ0n) is 5.34. The Kier molecular flexibility index (Phi) is 3.41. The lowest BCUT2D eigenvalue weighted by Crippen LogP contribution is -2.58. The summed E-state index contributed by atoms with van der Waals surface area (Å²) in [5.41, 5.74) is 2.87. The van der Waals surface area contributed by atoms with Gasteiger partial charge in [-0.05, 0) is 0 Å². The molecule has 0 aromatic carbocycles. The fourth-order valence-corrected chi connectivity index (χ4v) is 2.51. The molecule has 0 aliphatic carbocycles. The summed E-state index contributed by atoms with van der Waals surface area (Å²) in [6.45, 7) is -0.742. The van der Waals surface area contributed by atoms with Crippen molar-refractivity contribution in [2.45, 2.75) is 5.40 Å². The van der Waals surface area contributed by atoms with E-state index in [0.717, 1.165) is 0 Å². The highest BCUT2D eigenvalue weighted by Crippen LogP contribution is 2.48. The fraction of sp³-hybridized carbons (Fsp3) is 1.00. The van der Waals surface area contributed by atoms with Gasteiger partial charge in [-0.15, -0.1) is 0 Å². The first-order chi connectivity index (χ1) is 4.69. The third kappa shape index (κ3) is 3.44. The van der Waals surface area contributed by atoms with Gasteiger partial charge in [-0.1, -0.05) is 15.2 Å². The van der Waals surface area contributed by atoms with Crippen molar-refractivity contribution >= 4 is 15.2 Å². The van der Waals surface area contributed by atoms with Crippen LogP contribution in [0.3, 0.4) is 0 Å². The van der Waals surface area contributed by atoms with E-state index in [1.807, 2.05) is 0 Å². The van der Waals surface area contributed by atoms with Gasteiger partial charge < -0.3 is 34.4 Å². The Morgan fingerprint density at radius 3 is 1.36 bits per heavy atom. The molecule has 0 heterocycles. The van der Waals surface area contributed by atoms with Crippen molar-refractivity contribution in [3.05, 3.63) is 0 Å². The molecule has 0 bridgehead atoms. The SMILES string of the molecule is [NH3+]CC(P(=O)([O-])[O-])P(=O)([O-])[O-]. The van der Waals surface area contributed by atoms with Crippen LogP contribution in [-0.2, 0) is 9.13 Å². The molecule has 0 atom stereocenters. The van der Waals surface area contributed by atoms with Crippen molar-refractivity contribution in [2.24, 2.45) is 0 Å². The van der Waals surface area contributed by atoms with Crippen LogP contribution >= 0.6 is 15.2 Å². The van der Waals surface area contributed by atoms with Gasteiger partial charge in [-0.2, -0.15) is 0 Å². The molecule has 0 aliphatic rings. The number of rotatable bonds is 3. The quantitative estimate of drug-likeness (QED) is 0.454. The van der Waals surface area contributed by atoms with Crippen LogP contribution in [0.4, 0.5) is 0 Å². The topological polar surface area (TPSA) is 154 Å². The summed E-state index contributed by atoms with van der Waals surface area (Å²) in [5.74, 6) is 0. The van der Waals surface area contributed by atoms with Crippen LogP contribution in [0.5, 0.6) is 0 Å². The van der Waals surface area contributed by atoms with Gasteiger partial charge in [0.1, 0.15) is 0 Å². The minimum atomic E-state index is -5.35. The highest BCUT2D eigenvalue weighted by atomic mass is 31.2. The van der Waals surface area contributed by atoms with Crippen LogP contribution in [0.2, 0.25) is 0 Å². The Balaban J connectivity index is 4.72. The van der Waals surface area contributed by atoms with E-state index in [-0.39, 0.29) is 0 Å². The second-order valence-corrected chi connectivity index (χ2v) is 5.66. The first-order valence-electron chi connectivity index (χ1n) is 2.52. The van der Waals surface area contributed by atoms with E-state index in [1.165, 1.54) is 0 Å². The third-order valence-corrected chi connectivity index (χ3v) is 4.66. The molecule has 0 amide bonds. The molecule has 0 aromatic rings. The molecule has 0 aromatic heterocycles. The van der Waals surface area contributed by atoms with Gasteiger partial charge >= 0.3 is 0 Å². The predicted octanol–water partition coefficient (Wildman–Crippen LogP) is -4.62. The Bertz CT molecular complexity index is 193. The molecule has 7 nitrogen and oxygen atoms in total. The summed E-state index contributed by atoms with van der Waals surface area (Å²) in [6.07, 6.45) is 0. The molecular weight excluding hydrogens is 196 g/mol. The van der Waals surface area contributed by atoms with E-state index < -0.39 is 27.1 Å². The summed E-state index contributed by atoms with van der Waals surface area (Å²) < 4.78 is 20.1. The average molecular weight is 202 g/mol. The van der Waals surface area contributed by atoms with Crippen molar-refractivity contribution in [1.82, 2.24) is 0 Å². The lowest BCUT2D eigenvalue weighted by Gasteiger charge is -2.47. The second-order valence-electron chi connectivity index (χ2n) is 1.85. The van der Waals surface area contributed by atoms with E-state index in [4.69, 9.17) is 0 Å². The second kappa shape index (κ2) is 3.33. The molecule has 3 N–H and O–H groups in total. The van der Waals surface area contributed by atoms with Crippen molar-refractivity contribution in [2.75, 3.05) is 6.54 Å². The predicted molar refractivity (Wildman–Crippen MR) is 26.8 cm³/mol. The summed E-state index contributed by atoms with van der Waals surface area (Å²) in [7, 11) is -10.7. The van der Waals surface area contributed by atoms with Gasteiger partial charge in [0.15, 0.2) is 0 Å². The maximum Gasteiger partial charge on any atom is 0.0862 e. The molecule has 0 radical (unpaired) electrons. The van der Waals surface area contributed by atoms with E-state index in [0.29, 0.717) is 0 Å². The van der Waals surface area contributed by atoms with Gasteiger partial charge in [0.25, 0.3) is 0 Å². The Labute approximate surface area is 62.5 Å². The number of quaternary nitrogens is 1. The van der Waals surface area contributed by atoms with Gasteiger partial charge in [-0.25, -0.2) is 0 Å². The first-order valence-corrected chi connectivity index (χ1v) is 5.74. The lowest BCUT2D eigenvalue weighted by molar-refractivity contribution is -0.381. The van der Waals surface area contributed by atoms with Gasteiger partial charge in [-0.3, -0.25) is 0 Å². The number of hydrogen-bond donors (Lipinski definition) is 1. The fourth-order valence-electron chi connectivity index (χ4n) is 0.489. The minimum absolute atomic E-state index is 0.742. The maximum absolute atomic E-state index is 10.1. The van der Waals surface area contributed by atoms with Crippen LogP contribution < -0.4 is 25.3 Å². The molecule has 0 saturated carbocycles. The zero-order valence-corrected chi connectivity index (χ0v) is 7.12. The Morgan fingerprint density at radius 1 is 1.09 bits per heavy atom. The molecule has 0 aliphatic heterocycles. The molecule has 11 heavy (non-hydrogen) atoms. The minimum Gasteiger partial charge on any atom is -0.810 e. The van der Waals surface area contributed by atoms with E-state index in [9.17, 15) is 28.7 Å². The van der Waals surface area contributed by atoms with Crippen molar-refractivity contribution in [3.8, 4) is 0 Å². The normalized spacial score (nSPS) is 14.0. The molecule has 0 rings (SSSR count). The van der Waals surface area contributed by atoms with E-state index in [1.54, 1.807) is 0 Å². The zero-order chi connectivity index (χ0) is 9.28. The van der Waals surface area contributed by atoms with Gasteiger partial charge in [0.05, 0.1) is 11.9 Å². The molecule has 0 unspecified atom stereocenters. The molecule has 0 saturated heterocycles. The average Bonchev–Trinajstić information content (AvgIpc) is 1.56. The molecule has 0 spiro atoms. The summed E-state index contributed by atoms with van der Waals surface area (Å²) in [4.78, 5) is 40.3. The monoisotopic (exact) mass is 202 g/mol. The molecular formula is C2H6NO6P2-3. The first kappa shape index (κ1) is 11.3. The molecule has 68 valence electrons. The maximum atomic E-state index is 10.1. The smallest absolute Gasteiger partial charge is 0.0862 e. The summed E-state index contributed by atoms with van der Waals surface area (Å²) in [5, 5.41) is -2.41. The van der Waals surface area contributed by atoms with Crippen LogP contribution in [-0.4, -0.2) is 11.9 Å². The molecule has 0 fully saturated rings. The van der Waals surface area contributed by atoms with Crippen LogP contribution in [0.25, 0.3) is 0 Å². The van der Waals surface area contributed by atoms with Crippen LogP contribution in [0.15, 0.2) is 0 Å². The highest BCUT2D eigenvalue weighted by molar-refractivity contribution is 7.68. The van der Waals surface area contributed by atoms with Crippen molar-refractivity contribution in [1.29, 1.82) is 0 Å². The van der Waals surface area contributed by atoms with Gasteiger partial charge in [0.2, 0.25) is 0 Å². The number of hydrogen-bond acceptors (Lipinski definition) is 6. The summed E-state index contributed by atoms with van der Waals surface area (Å²) in [6, 6.07) is 0. The third-order valence-electron chi connectivity index (χ3n) is 0.988. The standard InChI is InChI=1S/C2H9NO6P2/c3-1-2(10(4,5)6)11(7,8)9/h2H,1,3H2,(H2,4,5,6)(H2,7,8,9)/p-3. The van der Waals surface area contributed by atoms with E-state index in [2.05, 4.69) is 5.73 Å². The molecule has 9 heteroatoms. The summed E-state index contributed by atoms with van der Waals surface area (Å²) >= 11 is 0. The van der Waals surface area contributed by atoms with E-state index >= 15 is 0 Å². The van der Waals surface area contributed by atoms with Crippen LogP contribution in [0, 0.1) is 0 Å². The van der Waals surface area contributed by atoms with Crippen LogP contribution in [0.1, 0.15) is 0 Å². The van der Waals surface area contributed by atoms with Gasteiger partial charge in [0, 0.05) is 0 Å². The van der Waals surface area contributed by atoms with Crippen molar-refractivity contribution in [3.63, 3.8) is 0 Å². The highest BCUT2D eigenvalue weighted by Gasteiger charge is 2.16. The van der Waals surface area contributed by atoms with Crippen molar-refractivity contribution < 1.29 is 34.4 Å². The Hall–Kier alpha value is 0.260. The largest absolute Gasteiger partial charge is 0.810 e. The lowest BCUT2D eigenvalue weighted by atomic mass is 10.8.